The quantitative estimate of drug-likeness (QED) is 0.149. The zero-order valence-corrected chi connectivity index (χ0v) is 31.8. The van der Waals surface area contributed by atoms with Crippen molar-refractivity contribution in [3.63, 3.8) is 0 Å². The summed E-state index contributed by atoms with van der Waals surface area (Å²) in [7, 11) is 1.41. The molecule has 10 nitrogen and oxygen atoms in total. The van der Waals surface area contributed by atoms with Crippen LogP contribution in [0.15, 0.2) is 106 Å². The first-order valence-electron chi connectivity index (χ1n) is 16.8. The number of hydrogen-bond acceptors (Lipinski definition) is 7. The van der Waals surface area contributed by atoms with E-state index in [9.17, 15) is 29.4 Å². The number of carboxylic acids is 1. The molecular weight excluding hydrogens is 832 g/mol. The van der Waals surface area contributed by atoms with Crippen molar-refractivity contribution in [2.45, 2.75) is 24.2 Å². The van der Waals surface area contributed by atoms with Crippen LogP contribution in [-0.4, -0.2) is 46.9 Å². The second kappa shape index (κ2) is 13.0. The lowest BCUT2D eigenvalue weighted by Gasteiger charge is -2.51. The normalized spacial score (nSPS) is 26.3. The van der Waals surface area contributed by atoms with Gasteiger partial charge in [0.25, 0.3) is 0 Å². The highest BCUT2D eigenvalue weighted by atomic mass is 79.9. The second-order valence-electron chi connectivity index (χ2n) is 13.6. The highest BCUT2D eigenvalue weighted by Gasteiger charge is 2.70. The largest absolute Gasteiger partial charge is 0.503 e. The minimum atomic E-state index is -1.55. The highest BCUT2D eigenvalue weighted by Crippen LogP contribution is 2.66. The monoisotopic (exact) mass is 858 g/mol. The number of carboxylic acid groups (broad SMARTS) is 1. The van der Waals surface area contributed by atoms with Gasteiger partial charge in [0.15, 0.2) is 11.5 Å². The average Bonchev–Trinajstić information content (AvgIpc) is 3.55. The summed E-state index contributed by atoms with van der Waals surface area (Å²) in [6, 6.07) is 22.9. The van der Waals surface area contributed by atoms with Crippen LogP contribution in [0.2, 0.25) is 5.02 Å². The number of phenolic OH excluding ortho intramolecular Hbond substituents is 1. The third-order valence-electron chi connectivity index (χ3n) is 11.2. The van der Waals surface area contributed by atoms with Gasteiger partial charge in [-0.1, -0.05) is 65.7 Å². The van der Waals surface area contributed by atoms with Crippen LogP contribution in [0.5, 0.6) is 11.5 Å². The van der Waals surface area contributed by atoms with Crippen LogP contribution < -0.4 is 14.5 Å². The Morgan fingerprint density at radius 3 is 2.23 bits per heavy atom. The van der Waals surface area contributed by atoms with Crippen LogP contribution in [0.25, 0.3) is 0 Å². The first-order chi connectivity index (χ1) is 25.4. The topological polar surface area (TPSA) is 142 Å². The molecule has 0 aromatic heterocycles. The summed E-state index contributed by atoms with van der Waals surface area (Å²) < 4.78 is 6.28. The van der Waals surface area contributed by atoms with Crippen molar-refractivity contribution in [2.24, 2.45) is 23.7 Å². The van der Waals surface area contributed by atoms with Crippen molar-refractivity contribution >= 4 is 84.4 Å². The SMILES string of the molecule is COc1cc(C2C3=CCC4C(=O)N(c5cccc(C(=O)O)c5)C(=O)C4C3CC3C(=O)N(c4cccc(Cl)c4)C(=O)C32c2ccccc2)c(Br)c(Br)c1O. The highest BCUT2D eigenvalue weighted by molar-refractivity contribution is 9.13. The first kappa shape index (κ1) is 35.3. The second-order valence-corrected chi connectivity index (χ2v) is 15.6. The molecule has 4 amide bonds. The fraction of sp³-hybridized carbons (Fsp3) is 0.225. The van der Waals surface area contributed by atoms with Crippen LogP contribution in [0.1, 0.15) is 40.2 Å². The van der Waals surface area contributed by atoms with Gasteiger partial charge in [-0.25, -0.2) is 9.69 Å². The number of nitrogens with zero attached hydrogens (tertiary/aromatic N) is 2. The van der Waals surface area contributed by atoms with E-state index in [1.807, 2.05) is 24.3 Å². The van der Waals surface area contributed by atoms with Gasteiger partial charge in [-0.2, -0.15) is 0 Å². The van der Waals surface area contributed by atoms with Crippen molar-refractivity contribution in [3.8, 4) is 11.5 Å². The number of benzene rings is 4. The molecule has 2 heterocycles. The average molecular weight is 861 g/mol. The number of rotatable bonds is 6. The number of ether oxygens (including phenoxy) is 1. The van der Waals surface area contributed by atoms with Crippen LogP contribution in [0, 0.1) is 23.7 Å². The molecule has 6 unspecified atom stereocenters. The Hall–Kier alpha value is -4.78. The van der Waals surface area contributed by atoms with Gasteiger partial charge in [0.05, 0.1) is 51.7 Å². The molecule has 1 saturated carbocycles. The molecule has 4 aromatic rings. The molecule has 0 bridgehead atoms. The fourth-order valence-corrected chi connectivity index (χ4v) is 10.2. The fourth-order valence-electron chi connectivity index (χ4n) is 9.10. The Bertz CT molecular complexity index is 2320. The molecular formula is C40H29Br2ClN2O8. The Morgan fingerprint density at radius 2 is 1.55 bits per heavy atom. The summed E-state index contributed by atoms with van der Waals surface area (Å²) in [6.07, 6.45) is 2.14. The molecule has 2 aliphatic carbocycles. The number of hydrogen-bond donors (Lipinski definition) is 2. The van der Waals surface area contributed by atoms with Gasteiger partial charge >= 0.3 is 5.97 Å². The number of carbonyl (C=O) groups excluding carboxylic acids is 4. The van der Waals surface area contributed by atoms with Gasteiger partial charge in [-0.15, -0.1) is 0 Å². The molecule has 2 saturated heterocycles. The number of allylic oxidation sites excluding steroid dienone is 2. The van der Waals surface area contributed by atoms with Crippen LogP contribution >= 0.6 is 43.5 Å². The lowest BCUT2D eigenvalue weighted by atomic mass is 9.49. The van der Waals surface area contributed by atoms with E-state index >= 15 is 4.79 Å². The van der Waals surface area contributed by atoms with E-state index in [4.69, 9.17) is 16.3 Å². The summed E-state index contributed by atoms with van der Waals surface area (Å²) in [5.74, 6) is -7.46. The number of carbonyl (C=O) groups is 5. The molecule has 53 heavy (non-hydrogen) atoms. The summed E-state index contributed by atoms with van der Waals surface area (Å²) in [4.78, 5) is 73.2. The molecule has 2 N–H and O–H groups in total. The number of phenols is 1. The number of halogens is 3. The van der Waals surface area contributed by atoms with Crippen LogP contribution in [0.3, 0.4) is 0 Å². The molecule has 3 fully saturated rings. The van der Waals surface area contributed by atoms with Crippen molar-refractivity contribution < 1.29 is 38.9 Å². The van der Waals surface area contributed by atoms with Crippen molar-refractivity contribution in [1.29, 1.82) is 0 Å². The molecule has 4 aromatic carbocycles. The van der Waals surface area contributed by atoms with Crippen molar-refractivity contribution in [1.82, 2.24) is 0 Å². The van der Waals surface area contributed by atoms with Crippen molar-refractivity contribution in [2.75, 3.05) is 16.9 Å². The Labute approximate surface area is 325 Å². The molecule has 13 heteroatoms. The van der Waals surface area contributed by atoms with E-state index in [0.717, 1.165) is 4.90 Å². The standard InChI is InChI=1S/C40H29Br2ClN2O8/c1-53-29-18-27(32(41)33(42)34(29)46)31-24-13-14-25-30(37(49)44(35(25)47)22-11-5-7-19(15-22)38(50)51)26(24)17-28-36(48)45(23-12-6-10-21(43)16-23)39(52)40(28,31)20-8-3-2-4-9-20/h2-13,15-16,18,25-26,28,30-31,46H,14,17H2,1H3,(H,50,51). The summed E-state index contributed by atoms with van der Waals surface area (Å²) >= 11 is 13.6. The predicted molar refractivity (Wildman–Crippen MR) is 202 cm³/mol. The zero-order valence-electron chi connectivity index (χ0n) is 27.8. The number of aromatic hydroxyl groups is 1. The molecule has 0 spiro atoms. The molecule has 4 aliphatic rings. The minimum Gasteiger partial charge on any atom is -0.503 e. The van der Waals surface area contributed by atoms with Gasteiger partial charge in [-0.3, -0.25) is 24.1 Å². The summed E-state index contributed by atoms with van der Waals surface area (Å²) in [5, 5.41) is 21.0. The third kappa shape index (κ3) is 5.05. The van der Waals surface area contributed by atoms with E-state index in [1.165, 1.54) is 36.3 Å². The maximum atomic E-state index is 15.5. The van der Waals surface area contributed by atoms with Gasteiger partial charge in [0.2, 0.25) is 23.6 Å². The summed E-state index contributed by atoms with van der Waals surface area (Å²) in [5.41, 5.74) is 0.614. The molecule has 2 aliphatic heterocycles. The first-order valence-corrected chi connectivity index (χ1v) is 18.7. The van der Waals surface area contributed by atoms with Crippen LogP contribution in [0.4, 0.5) is 11.4 Å². The van der Waals surface area contributed by atoms with E-state index in [0.29, 0.717) is 31.9 Å². The number of amides is 4. The Morgan fingerprint density at radius 1 is 0.849 bits per heavy atom. The van der Waals surface area contributed by atoms with E-state index < -0.39 is 64.6 Å². The lowest BCUT2D eigenvalue weighted by molar-refractivity contribution is -0.127. The predicted octanol–water partition coefficient (Wildman–Crippen LogP) is 7.64. The van der Waals surface area contributed by atoms with Crippen LogP contribution in [-0.2, 0) is 24.6 Å². The summed E-state index contributed by atoms with van der Waals surface area (Å²) in [6.45, 7) is 0. The minimum absolute atomic E-state index is 0.0655. The maximum Gasteiger partial charge on any atom is 0.335 e. The Kier molecular flexibility index (Phi) is 8.62. The zero-order chi connectivity index (χ0) is 37.5. The maximum absolute atomic E-state index is 15.5. The van der Waals surface area contributed by atoms with Crippen molar-refractivity contribution in [3.05, 3.63) is 127 Å². The van der Waals surface area contributed by atoms with Gasteiger partial charge < -0.3 is 14.9 Å². The number of anilines is 2. The smallest absolute Gasteiger partial charge is 0.335 e. The van der Waals surface area contributed by atoms with Gasteiger partial charge in [0, 0.05) is 15.4 Å². The Balaban J connectivity index is 1.38. The third-order valence-corrected chi connectivity index (χ3v) is 13.6. The lowest BCUT2D eigenvalue weighted by Crippen LogP contribution is -2.53. The van der Waals surface area contributed by atoms with E-state index in [-0.39, 0.29) is 40.1 Å². The number of aromatic carboxylic acids is 1. The number of imide groups is 2. The molecule has 268 valence electrons. The van der Waals surface area contributed by atoms with E-state index in [1.54, 1.807) is 42.5 Å². The van der Waals surface area contributed by atoms with Gasteiger partial charge in [0.1, 0.15) is 0 Å². The molecule has 0 radical (unpaired) electrons. The number of fused-ring (bicyclic) bond motifs is 4. The van der Waals surface area contributed by atoms with E-state index in [2.05, 4.69) is 31.9 Å². The van der Waals surface area contributed by atoms with Gasteiger partial charge in [-0.05, 0) is 104 Å². The number of methoxy groups -OCH3 is 1. The molecule has 8 rings (SSSR count). The molecule has 6 atom stereocenters.